The van der Waals surface area contributed by atoms with E-state index in [1.54, 1.807) is 23.5 Å². The van der Waals surface area contributed by atoms with Crippen LogP contribution in [0.3, 0.4) is 0 Å². The average Bonchev–Trinajstić information content (AvgIpc) is 3.20. The molecule has 6 heteroatoms. The number of carbonyl (C=O) groups is 2. The van der Waals surface area contributed by atoms with E-state index < -0.39 is 0 Å². The molecule has 0 bridgehead atoms. The molecule has 1 aromatic carbocycles. The standard InChI is InChI=1S/C23H29N3O2S/c27-22(12-10-18-6-2-1-3-7-18)25-14-16-26(17-15-25)23(28)13-11-21-24-19-8-4-5-9-20(19)29-21/h4-5,8-9,11,13,18H,1-3,6-7,10,12,14-17H2/b13-11+. The van der Waals surface area contributed by atoms with Gasteiger partial charge in [-0.1, -0.05) is 44.2 Å². The van der Waals surface area contributed by atoms with E-state index >= 15 is 0 Å². The predicted molar refractivity (Wildman–Crippen MR) is 118 cm³/mol. The highest BCUT2D eigenvalue weighted by molar-refractivity contribution is 7.19. The van der Waals surface area contributed by atoms with Crippen molar-refractivity contribution in [3.05, 3.63) is 35.3 Å². The fraction of sp³-hybridized carbons (Fsp3) is 0.522. The summed E-state index contributed by atoms with van der Waals surface area (Å²) in [6, 6.07) is 7.98. The number of aromatic nitrogens is 1. The number of hydrogen-bond donors (Lipinski definition) is 0. The SMILES string of the molecule is O=C(/C=C/c1nc2ccccc2s1)N1CCN(C(=O)CCC2CCCCC2)CC1. The van der Waals surface area contributed by atoms with Crippen LogP contribution in [0.2, 0.25) is 0 Å². The fourth-order valence-electron chi connectivity index (χ4n) is 4.35. The zero-order chi connectivity index (χ0) is 20.1. The summed E-state index contributed by atoms with van der Waals surface area (Å²) in [5.74, 6) is 0.995. The van der Waals surface area contributed by atoms with Crippen LogP contribution in [-0.4, -0.2) is 52.8 Å². The van der Waals surface area contributed by atoms with E-state index in [9.17, 15) is 9.59 Å². The Balaban J connectivity index is 1.23. The molecule has 4 rings (SSSR count). The van der Waals surface area contributed by atoms with Gasteiger partial charge in [-0.2, -0.15) is 0 Å². The molecule has 0 N–H and O–H groups in total. The summed E-state index contributed by atoms with van der Waals surface area (Å²) in [4.78, 5) is 33.3. The summed E-state index contributed by atoms with van der Waals surface area (Å²) in [5.41, 5.74) is 0.963. The second-order valence-corrected chi connectivity index (χ2v) is 9.16. The summed E-state index contributed by atoms with van der Waals surface area (Å²) in [7, 11) is 0. The van der Waals surface area contributed by atoms with Crippen molar-refractivity contribution in [3.63, 3.8) is 0 Å². The number of para-hydroxylation sites is 1. The van der Waals surface area contributed by atoms with E-state index in [0.717, 1.165) is 27.6 Å². The first kappa shape index (κ1) is 20.1. The minimum atomic E-state index is -0.00133. The molecule has 2 heterocycles. The Morgan fingerprint density at radius 3 is 2.52 bits per heavy atom. The van der Waals surface area contributed by atoms with Crippen molar-refractivity contribution >= 4 is 39.4 Å². The van der Waals surface area contributed by atoms with Gasteiger partial charge in [0.2, 0.25) is 11.8 Å². The van der Waals surface area contributed by atoms with Crippen molar-refractivity contribution in [1.29, 1.82) is 0 Å². The molecule has 2 aromatic rings. The molecule has 0 atom stereocenters. The smallest absolute Gasteiger partial charge is 0.246 e. The summed E-state index contributed by atoms with van der Waals surface area (Å²) in [6.45, 7) is 2.50. The minimum Gasteiger partial charge on any atom is -0.339 e. The predicted octanol–water partition coefficient (Wildman–Crippen LogP) is 4.34. The maximum Gasteiger partial charge on any atom is 0.246 e. The molecule has 0 unspecified atom stereocenters. The Morgan fingerprint density at radius 1 is 1.03 bits per heavy atom. The van der Waals surface area contributed by atoms with Gasteiger partial charge in [-0.15, -0.1) is 11.3 Å². The third kappa shape index (κ3) is 5.24. The first-order valence-electron chi connectivity index (χ1n) is 10.8. The maximum atomic E-state index is 12.5. The summed E-state index contributed by atoms with van der Waals surface area (Å²) in [6.07, 6.45) is 11.7. The van der Waals surface area contributed by atoms with Gasteiger partial charge in [0.25, 0.3) is 0 Å². The van der Waals surface area contributed by atoms with Gasteiger partial charge in [-0.25, -0.2) is 4.98 Å². The third-order valence-corrected chi connectivity index (χ3v) is 7.12. The molecule has 2 fully saturated rings. The highest BCUT2D eigenvalue weighted by Gasteiger charge is 2.24. The number of carbonyl (C=O) groups excluding carboxylic acids is 2. The van der Waals surface area contributed by atoms with Crippen LogP contribution < -0.4 is 0 Å². The molecule has 5 nitrogen and oxygen atoms in total. The lowest BCUT2D eigenvalue weighted by atomic mass is 9.86. The molecule has 2 aliphatic rings. The fourth-order valence-corrected chi connectivity index (χ4v) is 5.22. The number of piperazine rings is 1. The first-order valence-corrected chi connectivity index (χ1v) is 11.6. The average molecular weight is 412 g/mol. The maximum absolute atomic E-state index is 12.5. The van der Waals surface area contributed by atoms with Crippen LogP contribution in [-0.2, 0) is 9.59 Å². The third-order valence-electron chi connectivity index (χ3n) is 6.11. The van der Waals surface area contributed by atoms with E-state index in [1.807, 2.05) is 34.1 Å². The van der Waals surface area contributed by atoms with Gasteiger partial charge in [0.1, 0.15) is 5.01 Å². The van der Waals surface area contributed by atoms with Crippen molar-refractivity contribution in [2.75, 3.05) is 26.2 Å². The van der Waals surface area contributed by atoms with Crippen LogP contribution in [0.15, 0.2) is 30.3 Å². The van der Waals surface area contributed by atoms with Crippen LogP contribution in [0.4, 0.5) is 0 Å². The Bertz CT molecular complexity index is 844. The molecule has 1 aliphatic heterocycles. The van der Waals surface area contributed by atoms with Crippen molar-refractivity contribution in [2.45, 2.75) is 44.9 Å². The molecule has 1 saturated heterocycles. The normalized spacial score (nSPS) is 18.6. The number of amides is 2. The van der Waals surface area contributed by atoms with E-state index in [1.165, 1.54) is 32.1 Å². The quantitative estimate of drug-likeness (QED) is 0.688. The summed E-state index contributed by atoms with van der Waals surface area (Å²) >= 11 is 1.59. The monoisotopic (exact) mass is 411 g/mol. The zero-order valence-corrected chi connectivity index (χ0v) is 17.7. The second-order valence-electron chi connectivity index (χ2n) is 8.10. The highest BCUT2D eigenvalue weighted by atomic mass is 32.1. The Kier molecular flexibility index (Phi) is 6.60. The van der Waals surface area contributed by atoms with Crippen LogP contribution >= 0.6 is 11.3 Å². The molecule has 1 aliphatic carbocycles. The van der Waals surface area contributed by atoms with Crippen molar-refractivity contribution < 1.29 is 9.59 Å². The Hall–Kier alpha value is -2.21. The van der Waals surface area contributed by atoms with Gasteiger partial charge in [0.05, 0.1) is 10.2 Å². The number of hydrogen-bond acceptors (Lipinski definition) is 4. The van der Waals surface area contributed by atoms with Crippen LogP contribution in [0.25, 0.3) is 16.3 Å². The lowest BCUT2D eigenvalue weighted by Crippen LogP contribution is -2.50. The Morgan fingerprint density at radius 2 is 1.76 bits per heavy atom. The van der Waals surface area contributed by atoms with Gasteiger partial charge >= 0.3 is 0 Å². The molecule has 29 heavy (non-hydrogen) atoms. The lowest BCUT2D eigenvalue weighted by molar-refractivity contribution is -0.137. The number of rotatable bonds is 5. The van der Waals surface area contributed by atoms with Gasteiger partial charge in [0, 0.05) is 38.7 Å². The van der Waals surface area contributed by atoms with Crippen molar-refractivity contribution in [2.24, 2.45) is 5.92 Å². The van der Waals surface area contributed by atoms with Gasteiger partial charge in [-0.05, 0) is 30.5 Å². The summed E-state index contributed by atoms with van der Waals surface area (Å²) < 4.78 is 1.12. The van der Waals surface area contributed by atoms with Gasteiger partial charge in [-0.3, -0.25) is 9.59 Å². The molecule has 1 aromatic heterocycles. The minimum absolute atomic E-state index is 0.00133. The number of thiazole rings is 1. The number of nitrogens with zero attached hydrogens (tertiary/aromatic N) is 3. The number of benzene rings is 1. The van der Waals surface area contributed by atoms with Crippen LogP contribution in [0.1, 0.15) is 50.0 Å². The van der Waals surface area contributed by atoms with Gasteiger partial charge < -0.3 is 9.80 Å². The topological polar surface area (TPSA) is 53.5 Å². The molecule has 1 saturated carbocycles. The lowest BCUT2D eigenvalue weighted by Gasteiger charge is -2.34. The first-order chi connectivity index (χ1) is 14.2. The molecule has 0 spiro atoms. The van der Waals surface area contributed by atoms with Gasteiger partial charge in [0.15, 0.2) is 0 Å². The van der Waals surface area contributed by atoms with E-state index in [-0.39, 0.29) is 11.8 Å². The molecular weight excluding hydrogens is 382 g/mol. The largest absolute Gasteiger partial charge is 0.339 e. The molecular formula is C23H29N3O2S. The molecule has 0 radical (unpaired) electrons. The van der Waals surface area contributed by atoms with Crippen molar-refractivity contribution in [3.8, 4) is 0 Å². The Labute approximate surface area is 176 Å². The number of fused-ring (bicyclic) bond motifs is 1. The van der Waals surface area contributed by atoms with E-state index in [4.69, 9.17) is 0 Å². The van der Waals surface area contributed by atoms with Crippen LogP contribution in [0.5, 0.6) is 0 Å². The second kappa shape index (κ2) is 9.53. The van der Waals surface area contributed by atoms with E-state index in [2.05, 4.69) is 4.98 Å². The highest BCUT2D eigenvalue weighted by Crippen LogP contribution is 2.27. The molecule has 154 valence electrons. The van der Waals surface area contributed by atoms with Crippen molar-refractivity contribution in [1.82, 2.24) is 14.8 Å². The van der Waals surface area contributed by atoms with Crippen LogP contribution in [0, 0.1) is 5.92 Å². The summed E-state index contributed by atoms with van der Waals surface area (Å²) in [5, 5.41) is 0.844. The zero-order valence-electron chi connectivity index (χ0n) is 16.9. The van der Waals surface area contributed by atoms with E-state index in [0.29, 0.717) is 32.6 Å². The molecule has 2 amide bonds.